The summed E-state index contributed by atoms with van der Waals surface area (Å²) >= 11 is 0. The van der Waals surface area contributed by atoms with E-state index in [-0.39, 0.29) is 32.4 Å². The van der Waals surface area contributed by atoms with Gasteiger partial charge in [0.05, 0.1) is 19.8 Å². The first-order valence-electron chi connectivity index (χ1n) is 11.8. The van der Waals surface area contributed by atoms with Gasteiger partial charge in [-0.1, -0.05) is 83.5 Å². The van der Waals surface area contributed by atoms with Crippen LogP contribution in [0, 0.1) is 0 Å². The maximum Gasteiger partial charge on any atom is 0.305 e. The molecule has 29 heavy (non-hydrogen) atoms. The first kappa shape index (κ1) is 28.3. The van der Waals surface area contributed by atoms with Crippen molar-refractivity contribution < 1.29 is 29.6 Å². The maximum atomic E-state index is 11.6. The SMILES string of the molecule is O=C(CCCCCCCCCCCCCCCCCO)OCCOCC(O)CO. The highest BCUT2D eigenvalue weighted by atomic mass is 16.6. The Hall–Kier alpha value is -0.690. The van der Waals surface area contributed by atoms with E-state index in [1.54, 1.807) is 0 Å². The summed E-state index contributed by atoms with van der Waals surface area (Å²) < 4.78 is 10.1. The fourth-order valence-corrected chi connectivity index (χ4v) is 3.24. The average Bonchev–Trinajstić information content (AvgIpc) is 2.73. The molecule has 0 aromatic heterocycles. The largest absolute Gasteiger partial charge is 0.463 e. The number of carbonyl (C=O) groups is 1. The van der Waals surface area contributed by atoms with Crippen molar-refractivity contribution in [3.05, 3.63) is 0 Å². The lowest BCUT2D eigenvalue weighted by Crippen LogP contribution is -2.21. The van der Waals surface area contributed by atoms with Crippen LogP contribution < -0.4 is 0 Å². The summed E-state index contributed by atoms with van der Waals surface area (Å²) in [6, 6.07) is 0. The molecule has 0 saturated carbocycles. The molecule has 0 heterocycles. The molecular formula is C23H46O6. The Bertz CT molecular complexity index is 337. The molecule has 0 aromatic carbocycles. The lowest BCUT2D eigenvalue weighted by Gasteiger charge is -2.08. The maximum absolute atomic E-state index is 11.6. The molecule has 0 radical (unpaired) electrons. The van der Waals surface area contributed by atoms with E-state index in [4.69, 9.17) is 24.8 Å². The lowest BCUT2D eigenvalue weighted by molar-refractivity contribution is -0.145. The van der Waals surface area contributed by atoms with Gasteiger partial charge in [-0.2, -0.15) is 0 Å². The molecule has 174 valence electrons. The van der Waals surface area contributed by atoms with Gasteiger partial charge in [-0.05, 0) is 12.8 Å². The molecule has 0 amide bonds. The molecule has 0 bridgehead atoms. The summed E-state index contributed by atoms with van der Waals surface area (Å²) in [6.45, 7) is 0.504. The van der Waals surface area contributed by atoms with Crippen LogP contribution in [0.3, 0.4) is 0 Å². The summed E-state index contributed by atoms with van der Waals surface area (Å²) in [5.74, 6) is -0.190. The Morgan fingerprint density at radius 1 is 0.655 bits per heavy atom. The first-order valence-corrected chi connectivity index (χ1v) is 11.8. The number of ether oxygens (including phenoxy) is 2. The van der Waals surface area contributed by atoms with Crippen LogP contribution in [0.5, 0.6) is 0 Å². The first-order chi connectivity index (χ1) is 14.2. The zero-order chi connectivity index (χ0) is 21.4. The van der Waals surface area contributed by atoms with E-state index in [2.05, 4.69) is 0 Å². The second-order valence-corrected chi connectivity index (χ2v) is 7.91. The van der Waals surface area contributed by atoms with Crippen LogP contribution in [0.15, 0.2) is 0 Å². The number of unbranched alkanes of at least 4 members (excludes halogenated alkanes) is 14. The molecule has 3 N–H and O–H groups in total. The van der Waals surface area contributed by atoms with Crippen LogP contribution in [0.25, 0.3) is 0 Å². The van der Waals surface area contributed by atoms with Crippen molar-refractivity contribution in [1.82, 2.24) is 0 Å². The molecule has 0 rings (SSSR count). The minimum Gasteiger partial charge on any atom is -0.463 e. The summed E-state index contributed by atoms with van der Waals surface area (Å²) in [5.41, 5.74) is 0. The molecule has 0 spiro atoms. The molecule has 0 aliphatic heterocycles. The summed E-state index contributed by atoms with van der Waals surface area (Å²) in [7, 11) is 0. The zero-order valence-corrected chi connectivity index (χ0v) is 18.5. The number of carbonyl (C=O) groups excluding carboxylic acids is 1. The Balaban J connectivity index is 3.15. The fraction of sp³-hybridized carbons (Fsp3) is 0.957. The van der Waals surface area contributed by atoms with Crippen molar-refractivity contribution in [2.45, 2.75) is 109 Å². The molecule has 0 fully saturated rings. The fourth-order valence-electron chi connectivity index (χ4n) is 3.24. The Labute approximate surface area is 178 Å². The second kappa shape index (κ2) is 23.6. The average molecular weight is 419 g/mol. The predicted molar refractivity (Wildman–Crippen MR) is 116 cm³/mol. The normalized spacial score (nSPS) is 12.2. The van der Waals surface area contributed by atoms with Crippen molar-refractivity contribution in [3.63, 3.8) is 0 Å². The van der Waals surface area contributed by atoms with Crippen molar-refractivity contribution >= 4 is 5.97 Å². The van der Waals surface area contributed by atoms with Crippen molar-refractivity contribution in [2.75, 3.05) is 33.0 Å². The summed E-state index contributed by atoms with van der Waals surface area (Å²) in [6.07, 6.45) is 18.0. The molecule has 0 saturated heterocycles. The van der Waals surface area contributed by atoms with Crippen LogP contribution in [-0.4, -0.2) is 60.4 Å². The lowest BCUT2D eigenvalue weighted by atomic mass is 10.0. The molecule has 1 unspecified atom stereocenters. The van der Waals surface area contributed by atoms with E-state index in [1.807, 2.05) is 0 Å². The molecule has 0 aliphatic carbocycles. The number of aliphatic hydroxyl groups excluding tert-OH is 3. The molecule has 0 aliphatic rings. The third kappa shape index (κ3) is 23.5. The Morgan fingerprint density at radius 3 is 1.55 bits per heavy atom. The van der Waals surface area contributed by atoms with E-state index in [0.29, 0.717) is 13.0 Å². The van der Waals surface area contributed by atoms with Crippen molar-refractivity contribution in [1.29, 1.82) is 0 Å². The number of esters is 1. The van der Waals surface area contributed by atoms with Gasteiger partial charge < -0.3 is 24.8 Å². The molecular weight excluding hydrogens is 372 g/mol. The smallest absolute Gasteiger partial charge is 0.305 e. The predicted octanol–water partition coefficient (Wildman–Crippen LogP) is 4.13. The topological polar surface area (TPSA) is 96.2 Å². The van der Waals surface area contributed by atoms with Crippen LogP contribution in [0.4, 0.5) is 0 Å². The highest BCUT2D eigenvalue weighted by molar-refractivity contribution is 5.69. The zero-order valence-electron chi connectivity index (χ0n) is 18.5. The van der Waals surface area contributed by atoms with Gasteiger partial charge in [-0.25, -0.2) is 0 Å². The van der Waals surface area contributed by atoms with Gasteiger partial charge >= 0.3 is 5.97 Å². The summed E-state index contributed by atoms with van der Waals surface area (Å²) in [5, 5.41) is 26.4. The number of rotatable bonds is 23. The van der Waals surface area contributed by atoms with E-state index in [1.165, 1.54) is 77.0 Å². The minimum atomic E-state index is -0.871. The highest BCUT2D eigenvalue weighted by Gasteiger charge is 2.04. The number of aliphatic hydroxyl groups is 3. The van der Waals surface area contributed by atoms with Gasteiger partial charge in [0.25, 0.3) is 0 Å². The molecule has 6 heteroatoms. The van der Waals surface area contributed by atoms with Gasteiger partial charge in [0, 0.05) is 13.0 Å². The van der Waals surface area contributed by atoms with Gasteiger partial charge in [-0.15, -0.1) is 0 Å². The third-order valence-electron chi connectivity index (χ3n) is 5.05. The van der Waals surface area contributed by atoms with E-state index in [9.17, 15) is 4.79 Å². The third-order valence-corrected chi connectivity index (χ3v) is 5.05. The quantitative estimate of drug-likeness (QED) is 0.170. The number of hydrogen-bond acceptors (Lipinski definition) is 6. The Morgan fingerprint density at radius 2 is 1.10 bits per heavy atom. The van der Waals surface area contributed by atoms with Crippen LogP contribution in [0.1, 0.15) is 103 Å². The molecule has 0 aromatic rings. The minimum absolute atomic E-state index is 0.0557. The van der Waals surface area contributed by atoms with Gasteiger partial charge in [0.15, 0.2) is 0 Å². The standard InChI is InChI=1S/C23H46O6/c24-17-15-13-11-9-7-5-3-1-2-4-6-8-10-12-14-16-23(27)29-19-18-28-21-22(26)20-25/h22,24-26H,1-21H2. The van der Waals surface area contributed by atoms with Crippen LogP contribution in [0.2, 0.25) is 0 Å². The monoisotopic (exact) mass is 418 g/mol. The van der Waals surface area contributed by atoms with Gasteiger partial charge in [-0.3, -0.25) is 4.79 Å². The van der Waals surface area contributed by atoms with Gasteiger partial charge in [0.1, 0.15) is 12.7 Å². The molecule has 1 atom stereocenters. The number of hydrogen-bond donors (Lipinski definition) is 3. The van der Waals surface area contributed by atoms with Crippen molar-refractivity contribution in [2.24, 2.45) is 0 Å². The van der Waals surface area contributed by atoms with Crippen LogP contribution in [-0.2, 0) is 14.3 Å². The van der Waals surface area contributed by atoms with Crippen LogP contribution >= 0.6 is 0 Å². The van der Waals surface area contributed by atoms with E-state index >= 15 is 0 Å². The van der Waals surface area contributed by atoms with Gasteiger partial charge in [0.2, 0.25) is 0 Å². The Kier molecular flexibility index (Phi) is 23.0. The van der Waals surface area contributed by atoms with Crippen molar-refractivity contribution in [3.8, 4) is 0 Å². The molecule has 6 nitrogen and oxygen atoms in total. The van der Waals surface area contributed by atoms with E-state index < -0.39 is 6.10 Å². The second-order valence-electron chi connectivity index (χ2n) is 7.91. The highest BCUT2D eigenvalue weighted by Crippen LogP contribution is 2.13. The summed E-state index contributed by atoms with van der Waals surface area (Å²) in [4.78, 5) is 11.6. The van der Waals surface area contributed by atoms with E-state index in [0.717, 1.165) is 19.3 Å².